The Hall–Kier alpha value is -1.26. The van der Waals surface area contributed by atoms with Crippen LogP contribution in [0.15, 0.2) is 18.2 Å². The van der Waals surface area contributed by atoms with Crippen LogP contribution in [0.3, 0.4) is 0 Å². The van der Waals surface area contributed by atoms with Gasteiger partial charge in [-0.1, -0.05) is 6.07 Å². The number of methoxy groups -OCH3 is 1. The molecule has 0 aromatic heterocycles. The molecule has 0 saturated heterocycles. The molecule has 1 aromatic carbocycles. The molecule has 0 heterocycles. The van der Waals surface area contributed by atoms with E-state index in [0.29, 0.717) is 12.2 Å². The van der Waals surface area contributed by atoms with Crippen molar-refractivity contribution in [2.75, 3.05) is 13.7 Å². The Bertz CT molecular complexity index is 288. The molecule has 72 valence electrons. The zero-order valence-electron chi connectivity index (χ0n) is 7.40. The summed E-state index contributed by atoms with van der Waals surface area (Å²) in [5.74, 6) is 0.00965. The summed E-state index contributed by atoms with van der Waals surface area (Å²) in [6.07, 6.45) is 0. The highest BCUT2D eigenvalue weighted by molar-refractivity contribution is 5.40. The van der Waals surface area contributed by atoms with E-state index in [1.165, 1.54) is 19.2 Å². The van der Waals surface area contributed by atoms with Crippen molar-refractivity contribution in [1.82, 2.24) is 0 Å². The van der Waals surface area contributed by atoms with Crippen molar-refractivity contribution in [1.29, 1.82) is 0 Å². The number of phenolic OH excluding ortho intramolecular Hbond substituents is 2. The minimum atomic E-state index is -0.370. The smallest absolute Gasteiger partial charge is 0.124 e. The van der Waals surface area contributed by atoms with Crippen LogP contribution < -0.4 is 5.73 Å². The maximum atomic E-state index is 9.39. The Morgan fingerprint density at radius 1 is 1.46 bits per heavy atom. The van der Waals surface area contributed by atoms with Crippen LogP contribution in [-0.4, -0.2) is 23.9 Å². The van der Waals surface area contributed by atoms with Gasteiger partial charge >= 0.3 is 0 Å². The molecule has 0 aliphatic rings. The average molecular weight is 183 g/mol. The molecule has 4 N–H and O–H groups in total. The van der Waals surface area contributed by atoms with Crippen molar-refractivity contribution in [3.63, 3.8) is 0 Å². The molecule has 1 aromatic rings. The van der Waals surface area contributed by atoms with Crippen LogP contribution in [0.2, 0.25) is 0 Å². The number of ether oxygens (including phenoxy) is 1. The molecule has 1 rings (SSSR count). The predicted molar refractivity (Wildman–Crippen MR) is 48.6 cm³/mol. The lowest BCUT2D eigenvalue weighted by Gasteiger charge is -2.12. The van der Waals surface area contributed by atoms with Gasteiger partial charge in [-0.25, -0.2) is 0 Å². The van der Waals surface area contributed by atoms with E-state index < -0.39 is 0 Å². The molecule has 0 aliphatic heterocycles. The minimum Gasteiger partial charge on any atom is -0.508 e. The number of nitrogens with two attached hydrogens (primary N) is 1. The molecule has 0 unspecified atom stereocenters. The van der Waals surface area contributed by atoms with Crippen molar-refractivity contribution in [2.24, 2.45) is 5.73 Å². The molecule has 1 atom stereocenters. The van der Waals surface area contributed by atoms with E-state index in [0.717, 1.165) is 0 Å². The van der Waals surface area contributed by atoms with Crippen LogP contribution in [0.5, 0.6) is 11.5 Å². The fourth-order valence-corrected chi connectivity index (χ4v) is 1.11. The predicted octanol–water partition coefficient (Wildman–Crippen LogP) is 0.744. The van der Waals surface area contributed by atoms with Gasteiger partial charge in [-0.05, 0) is 6.07 Å². The van der Waals surface area contributed by atoms with Crippen molar-refractivity contribution in [2.45, 2.75) is 6.04 Å². The summed E-state index contributed by atoms with van der Waals surface area (Å²) in [6.45, 7) is 0.332. The number of benzene rings is 1. The van der Waals surface area contributed by atoms with Gasteiger partial charge in [-0.3, -0.25) is 0 Å². The monoisotopic (exact) mass is 183 g/mol. The summed E-state index contributed by atoms with van der Waals surface area (Å²) in [7, 11) is 1.54. The summed E-state index contributed by atoms with van der Waals surface area (Å²) in [4.78, 5) is 0. The SMILES string of the molecule is COC[C@@H](N)c1ccc(O)cc1O. The first-order valence-electron chi connectivity index (χ1n) is 3.91. The second-order valence-corrected chi connectivity index (χ2v) is 2.80. The standard InChI is InChI=1S/C9H13NO3/c1-13-5-8(10)7-3-2-6(11)4-9(7)12/h2-4,8,11-12H,5,10H2,1H3/t8-/m1/s1. The molecule has 0 aliphatic carbocycles. The second-order valence-electron chi connectivity index (χ2n) is 2.80. The Morgan fingerprint density at radius 3 is 2.69 bits per heavy atom. The third-order valence-corrected chi connectivity index (χ3v) is 1.76. The van der Waals surface area contributed by atoms with E-state index in [4.69, 9.17) is 15.6 Å². The van der Waals surface area contributed by atoms with E-state index in [-0.39, 0.29) is 17.5 Å². The minimum absolute atomic E-state index is 0.00968. The first-order chi connectivity index (χ1) is 6.15. The van der Waals surface area contributed by atoms with Crippen LogP contribution in [0.4, 0.5) is 0 Å². The Labute approximate surface area is 76.6 Å². The highest BCUT2D eigenvalue weighted by Gasteiger charge is 2.10. The molecular formula is C9H13NO3. The van der Waals surface area contributed by atoms with Gasteiger partial charge in [0.05, 0.1) is 12.6 Å². The average Bonchev–Trinajstić information content (AvgIpc) is 2.04. The lowest BCUT2D eigenvalue weighted by Crippen LogP contribution is -2.15. The summed E-state index contributed by atoms with van der Waals surface area (Å²) in [5, 5.41) is 18.4. The molecule has 4 heteroatoms. The van der Waals surface area contributed by atoms with Gasteiger partial charge < -0.3 is 20.7 Å². The van der Waals surface area contributed by atoms with Crippen LogP contribution in [0.25, 0.3) is 0 Å². The van der Waals surface area contributed by atoms with Gasteiger partial charge in [0.1, 0.15) is 11.5 Å². The number of phenols is 2. The third kappa shape index (κ3) is 2.34. The Balaban J connectivity index is 2.88. The molecule has 0 radical (unpaired) electrons. The molecule has 0 saturated carbocycles. The van der Waals surface area contributed by atoms with Crippen molar-refractivity contribution >= 4 is 0 Å². The highest BCUT2D eigenvalue weighted by Crippen LogP contribution is 2.26. The third-order valence-electron chi connectivity index (χ3n) is 1.76. The van der Waals surface area contributed by atoms with E-state index in [1.807, 2.05) is 0 Å². The van der Waals surface area contributed by atoms with Crippen LogP contribution in [0, 0.1) is 0 Å². The Kier molecular flexibility index (Phi) is 3.11. The fraction of sp³-hybridized carbons (Fsp3) is 0.333. The van der Waals surface area contributed by atoms with Crippen molar-refractivity contribution in [3.8, 4) is 11.5 Å². The molecule has 0 bridgehead atoms. The largest absolute Gasteiger partial charge is 0.508 e. The second kappa shape index (κ2) is 4.11. The zero-order valence-corrected chi connectivity index (χ0v) is 7.40. The summed E-state index contributed by atoms with van der Waals surface area (Å²) < 4.78 is 4.84. The van der Waals surface area contributed by atoms with Gasteiger partial charge in [0.2, 0.25) is 0 Å². The highest BCUT2D eigenvalue weighted by atomic mass is 16.5. The topological polar surface area (TPSA) is 75.7 Å². The van der Waals surface area contributed by atoms with E-state index in [9.17, 15) is 5.11 Å². The van der Waals surface area contributed by atoms with Crippen molar-refractivity contribution < 1.29 is 14.9 Å². The molecular weight excluding hydrogens is 170 g/mol. The van der Waals surface area contributed by atoms with Crippen LogP contribution in [-0.2, 0) is 4.74 Å². The molecule has 4 nitrogen and oxygen atoms in total. The maximum Gasteiger partial charge on any atom is 0.124 e. The van der Waals surface area contributed by atoms with Gasteiger partial charge in [0.15, 0.2) is 0 Å². The summed E-state index contributed by atoms with van der Waals surface area (Å²) in [6, 6.07) is 3.94. The zero-order chi connectivity index (χ0) is 9.84. The van der Waals surface area contributed by atoms with Crippen LogP contribution >= 0.6 is 0 Å². The van der Waals surface area contributed by atoms with Gasteiger partial charge in [0.25, 0.3) is 0 Å². The molecule has 13 heavy (non-hydrogen) atoms. The van der Waals surface area contributed by atoms with Gasteiger partial charge in [-0.15, -0.1) is 0 Å². The normalized spacial score (nSPS) is 12.8. The first kappa shape index (κ1) is 9.83. The molecule has 0 amide bonds. The van der Waals surface area contributed by atoms with Gasteiger partial charge in [-0.2, -0.15) is 0 Å². The van der Waals surface area contributed by atoms with Crippen molar-refractivity contribution in [3.05, 3.63) is 23.8 Å². The lowest BCUT2D eigenvalue weighted by atomic mass is 10.1. The summed E-state index contributed by atoms with van der Waals surface area (Å²) >= 11 is 0. The molecule has 0 spiro atoms. The number of aromatic hydroxyl groups is 2. The number of hydrogen-bond donors (Lipinski definition) is 3. The van der Waals surface area contributed by atoms with E-state index >= 15 is 0 Å². The quantitative estimate of drug-likeness (QED) is 0.646. The lowest BCUT2D eigenvalue weighted by molar-refractivity contribution is 0.180. The Morgan fingerprint density at radius 2 is 2.15 bits per heavy atom. The van der Waals surface area contributed by atoms with E-state index in [2.05, 4.69) is 0 Å². The number of hydrogen-bond acceptors (Lipinski definition) is 4. The maximum absolute atomic E-state index is 9.39. The summed E-state index contributed by atoms with van der Waals surface area (Å²) in [5.41, 5.74) is 6.26. The molecule has 0 fully saturated rings. The first-order valence-corrected chi connectivity index (χ1v) is 3.91. The van der Waals surface area contributed by atoms with Crippen LogP contribution in [0.1, 0.15) is 11.6 Å². The number of rotatable bonds is 3. The fourth-order valence-electron chi connectivity index (χ4n) is 1.11. The van der Waals surface area contributed by atoms with Gasteiger partial charge in [0, 0.05) is 18.7 Å². The van der Waals surface area contributed by atoms with E-state index in [1.54, 1.807) is 6.07 Å².